The lowest BCUT2D eigenvalue weighted by molar-refractivity contribution is -0.140. The Morgan fingerprint density at radius 2 is 1.83 bits per heavy atom. The smallest absolute Gasteiger partial charge is 0.314 e. The summed E-state index contributed by atoms with van der Waals surface area (Å²) in [5, 5.41) is 9.42. The van der Waals surface area contributed by atoms with Crippen molar-refractivity contribution >= 4 is 5.97 Å². The summed E-state index contributed by atoms with van der Waals surface area (Å²) in [4.78, 5) is 12.3. The predicted molar refractivity (Wildman–Crippen MR) is 88.2 cm³/mol. The van der Waals surface area contributed by atoms with Crippen molar-refractivity contribution in [1.82, 2.24) is 0 Å². The summed E-state index contributed by atoms with van der Waals surface area (Å²) in [6.45, 7) is 4.64. The summed E-state index contributed by atoms with van der Waals surface area (Å²) < 4.78 is 10.8. The summed E-state index contributed by atoms with van der Waals surface area (Å²) in [6.07, 6.45) is 4.99. The van der Waals surface area contributed by atoms with Crippen LogP contribution in [-0.4, -0.2) is 12.6 Å². The van der Waals surface area contributed by atoms with Gasteiger partial charge in [0.25, 0.3) is 0 Å². The molecule has 4 heteroatoms. The fourth-order valence-corrected chi connectivity index (χ4v) is 3.27. The Morgan fingerprint density at radius 3 is 2.35 bits per heavy atom. The Balaban J connectivity index is 1.89. The zero-order chi connectivity index (χ0) is 16.7. The van der Waals surface area contributed by atoms with Gasteiger partial charge in [-0.05, 0) is 63.3 Å². The maximum absolute atomic E-state index is 12.3. The van der Waals surface area contributed by atoms with E-state index in [1.165, 1.54) is 0 Å². The number of benzene rings is 1. The monoisotopic (exact) mass is 315 g/mol. The number of esters is 1. The highest BCUT2D eigenvalue weighted by atomic mass is 16.5. The van der Waals surface area contributed by atoms with Gasteiger partial charge >= 0.3 is 5.97 Å². The number of hydrogen-bond donors (Lipinski definition) is 0. The van der Waals surface area contributed by atoms with E-state index in [1.54, 1.807) is 24.3 Å². The van der Waals surface area contributed by atoms with Crippen molar-refractivity contribution in [3.63, 3.8) is 0 Å². The van der Waals surface area contributed by atoms with Crippen molar-refractivity contribution in [2.75, 3.05) is 6.61 Å². The summed E-state index contributed by atoms with van der Waals surface area (Å²) in [5.74, 6) is 1.03. The molecule has 0 N–H and O–H groups in total. The third-order valence-corrected chi connectivity index (χ3v) is 4.59. The van der Waals surface area contributed by atoms with Crippen LogP contribution in [0.25, 0.3) is 0 Å². The van der Waals surface area contributed by atoms with Gasteiger partial charge in [-0.3, -0.25) is 4.79 Å². The molecule has 0 bridgehead atoms. The molecule has 0 radical (unpaired) electrons. The van der Waals surface area contributed by atoms with E-state index in [9.17, 15) is 10.1 Å². The second-order valence-electron chi connectivity index (χ2n) is 6.24. The minimum Gasteiger partial charge on any atom is -0.494 e. The number of carbonyl (C=O) groups excluding carboxylic acids is 1. The molecule has 1 aliphatic rings. The number of carbonyl (C=O) groups is 1. The molecule has 1 aromatic carbocycles. The first kappa shape index (κ1) is 17.3. The molecule has 1 aromatic rings. The van der Waals surface area contributed by atoms with E-state index >= 15 is 0 Å². The maximum atomic E-state index is 12.3. The fourth-order valence-electron chi connectivity index (χ4n) is 3.27. The number of ether oxygens (including phenoxy) is 2. The van der Waals surface area contributed by atoms with E-state index in [0.29, 0.717) is 12.4 Å². The molecule has 0 heterocycles. The van der Waals surface area contributed by atoms with Crippen LogP contribution in [0.4, 0.5) is 0 Å². The van der Waals surface area contributed by atoms with Crippen LogP contribution < -0.4 is 9.47 Å². The molecular weight excluding hydrogens is 290 g/mol. The Bertz CT molecular complexity index is 551. The highest BCUT2D eigenvalue weighted by Gasteiger charge is 2.37. The lowest BCUT2D eigenvalue weighted by Gasteiger charge is -2.33. The molecule has 0 saturated heterocycles. The van der Waals surface area contributed by atoms with E-state index in [1.807, 2.05) is 6.92 Å². The third kappa shape index (κ3) is 4.48. The third-order valence-electron chi connectivity index (χ3n) is 4.59. The van der Waals surface area contributed by atoms with Crippen molar-refractivity contribution in [2.24, 2.45) is 11.3 Å². The first-order chi connectivity index (χ1) is 11.1. The van der Waals surface area contributed by atoms with Gasteiger partial charge in [0.1, 0.15) is 11.5 Å². The zero-order valence-electron chi connectivity index (χ0n) is 14.0. The Hall–Kier alpha value is -2.02. The largest absolute Gasteiger partial charge is 0.494 e. The molecule has 0 atom stereocenters. The zero-order valence-corrected chi connectivity index (χ0v) is 14.0. The van der Waals surface area contributed by atoms with Gasteiger partial charge in [-0.1, -0.05) is 13.3 Å². The summed E-state index contributed by atoms with van der Waals surface area (Å²) in [6, 6.07) is 9.59. The Morgan fingerprint density at radius 1 is 1.22 bits per heavy atom. The van der Waals surface area contributed by atoms with Gasteiger partial charge in [0, 0.05) is 0 Å². The molecule has 23 heavy (non-hydrogen) atoms. The molecule has 1 aliphatic carbocycles. The van der Waals surface area contributed by atoms with Crippen LogP contribution in [0.15, 0.2) is 24.3 Å². The molecule has 0 amide bonds. The van der Waals surface area contributed by atoms with Crippen LogP contribution >= 0.6 is 0 Å². The molecule has 0 aromatic heterocycles. The Kier molecular flexibility index (Phi) is 6.04. The quantitative estimate of drug-likeness (QED) is 0.573. The lowest BCUT2D eigenvalue weighted by Crippen LogP contribution is -2.31. The van der Waals surface area contributed by atoms with E-state index in [4.69, 9.17) is 9.47 Å². The van der Waals surface area contributed by atoms with Crippen LogP contribution in [-0.2, 0) is 4.79 Å². The molecular formula is C19H25NO3. The minimum atomic E-state index is -0.231. The number of nitriles is 1. The fraction of sp³-hybridized carbons (Fsp3) is 0.579. The van der Waals surface area contributed by atoms with Gasteiger partial charge in [-0.2, -0.15) is 5.26 Å². The van der Waals surface area contributed by atoms with Gasteiger partial charge in [0.2, 0.25) is 0 Å². The summed E-state index contributed by atoms with van der Waals surface area (Å²) in [7, 11) is 0. The van der Waals surface area contributed by atoms with Crippen LogP contribution in [0.3, 0.4) is 0 Å². The first-order valence-corrected chi connectivity index (χ1v) is 8.48. The van der Waals surface area contributed by atoms with Gasteiger partial charge in [0.15, 0.2) is 0 Å². The van der Waals surface area contributed by atoms with Gasteiger partial charge in [-0.15, -0.1) is 0 Å². The minimum absolute atomic E-state index is 0.0973. The number of nitrogens with zero attached hydrogens (tertiary/aromatic N) is 1. The van der Waals surface area contributed by atoms with Gasteiger partial charge in [-0.25, -0.2) is 0 Å². The van der Waals surface area contributed by atoms with Crippen molar-refractivity contribution < 1.29 is 14.3 Å². The molecule has 2 rings (SSSR count). The normalized spacial score (nSPS) is 23.8. The maximum Gasteiger partial charge on any atom is 0.314 e. The standard InChI is InChI=1S/C19H25NO3/c1-3-11-19(14-20)12-9-15(10-13-19)18(21)23-17-7-5-16(6-8-17)22-4-2/h5-8,15H,3-4,9-13H2,1-2H3. The Labute approximate surface area is 138 Å². The highest BCUT2D eigenvalue weighted by molar-refractivity contribution is 5.75. The summed E-state index contributed by atoms with van der Waals surface area (Å²) in [5.41, 5.74) is -0.231. The average molecular weight is 315 g/mol. The summed E-state index contributed by atoms with van der Waals surface area (Å²) >= 11 is 0. The van der Waals surface area contributed by atoms with Crippen LogP contribution in [0, 0.1) is 22.7 Å². The lowest BCUT2D eigenvalue weighted by atomic mass is 9.69. The topological polar surface area (TPSA) is 59.3 Å². The van der Waals surface area contributed by atoms with Crippen molar-refractivity contribution in [3.05, 3.63) is 24.3 Å². The average Bonchev–Trinajstić information content (AvgIpc) is 2.58. The molecule has 1 fully saturated rings. The van der Waals surface area contributed by atoms with E-state index in [2.05, 4.69) is 13.0 Å². The molecule has 1 saturated carbocycles. The van der Waals surface area contributed by atoms with Gasteiger partial charge < -0.3 is 9.47 Å². The first-order valence-electron chi connectivity index (χ1n) is 8.48. The highest BCUT2D eigenvalue weighted by Crippen LogP contribution is 2.42. The van der Waals surface area contributed by atoms with Gasteiger partial charge in [0.05, 0.1) is 24.0 Å². The van der Waals surface area contributed by atoms with Crippen LogP contribution in [0.5, 0.6) is 11.5 Å². The van der Waals surface area contributed by atoms with Crippen LogP contribution in [0.1, 0.15) is 52.4 Å². The molecule has 124 valence electrons. The second-order valence-corrected chi connectivity index (χ2v) is 6.24. The van der Waals surface area contributed by atoms with E-state index in [-0.39, 0.29) is 17.3 Å². The van der Waals surface area contributed by atoms with Crippen LogP contribution in [0.2, 0.25) is 0 Å². The predicted octanol–water partition coefficient (Wildman–Crippen LogP) is 4.49. The van der Waals surface area contributed by atoms with Crippen molar-refractivity contribution in [1.29, 1.82) is 5.26 Å². The van der Waals surface area contributed by atoms with E-state index < -0.39 is 0 Å². The molecule has 4 nitrogen and oxygen atoms in total. The SMILES string of the molecule is CCCC1(C#N)CCC(C(=O)Oc2ccc(OCC)cc2)CC1. The number of hydrogen-bond acceptors (Lipinski definition) is 4. The number of rotatable bonds is 6. The van der Waals surface area contributed by atoms with Crippen molar-refractivity contribution in [2.45, 2.75) is 52.4 Å². The second kappa shape index (κ2) is 8.01. The van der Waals surface area contributed by atoms with Crippen molar-refractivity contribution in [3.8, 4) is 17.6 Å². The molecule has 0 spiro atoms. The molecule has 0 aliphatic heterocycles. The van der Waals surface area contributed by atoms with E-state index in [0.717, 1.165) is 44.3 Å². The molecule has 0 unspecified atom stereocenters.